The van der Waals surface area contributed by atoms with E-state index in [9.17, 15) is 0 Å². The third-order valence-corrected chi connectivity index (χ3v) is 3.75. The number of hydrogen-bond donors (Lipinski definition) is 1. The molecule has 1 heteroatoms. The van der Waals surface area contributed by atoms with E-state index in [4.69, 9.17) is 0 Å². The maximum Gasteiger partial charge on any atom is 0.0127 e. The quantitative estimate of drug-likeness (QED) is 0.714. The summed E-state index contributed by atoms with van der Waals surface area (Å²) in [6, 6.07) is 10.6. The molecule has 0 radical (unpaired) electrons. The fourth-order valence-electron chi connectivity index (χ4n) is 1.32. The highest BCUT2D eigenvalue weighted by Crippen LogP contribution is 2.38. The summed E-state index contributed by atoms with van der Waals surface area (Å²) < 4.78 is 0.0445. The Morgan fingerprint density at radius 1 is 1.00 bits per heavy atom. The molecule has 0 atom stereocenters. The molecule has 0 aliphatic carbocycles. The van der Waals surface area contributed by atoms with E-state index >= 15 is 0 Å². The fraction of sp³-hybridized carbons (Fsp3) is 0.538. The average Bonchev–Trinajstić information content (AvgIpc) is 2.03. The number of hydrogen-bond acceptors (Lipinski definition) is 1. The van der Waals surface area contributed by atoms with Gasteiger partial charge in [-0.25, -0.2) is 0 Å². The lowest BCUT2D eigenvalue weighted by atomic mass is 9.75. The predicted molar refractivity (Wildman–Crippen MR) is 67.0 cm³/mol. The summed E-state index contributed by atoms with van der Waals surface area (Å²) in [4.78, 5) is 0. The van der Waals surface area contributed by atoms with Crippen molar-refractivity contribution in [2.75, 3.05) is 0 Å². The summed E-state index contributed by atoms with van der Waals surface area (Å²) in [5.41, 5.74) is 1.59. The van der Waals surface area contributed by atoms with E-state index in [0.29, 0.717) is 0 Å². The SMILES string of the molecule is CC(C)(S)C(C)(C)Cc1ccccc1. The van der Waals surface area contributed by atoms with Crippen LogP contribution >= 0.6 is 12.6 Å². The molecule has 0 aliphatic heterocycles. The lowest BCUT2D eigenvalue weighted by Crippen LogP contribution is -2.35. The van der Waals surface area contributed by atoms with Gasteiger partial charge in [0.25, 0.3) is 0 Å². The molecule has 0 aliphatic rings. The van der Waals surface area contributed by atoms with E-state index in [1.807, 2.05) is 0 Å². The van der Waals surface area contributed by atoms with Crippen molar-refractivity contribution >= 4 is 12.6 Å². The van der Waals surface area contributed by atoms with E-state index in [0.717, 1.165) is 6.42 Å². The van der Waals surface area contributed by atoms with Crippen molar-refractivity contribution in [1.29, 1.82) is 0 Å². The molecule has 0 nitrogen and oxygen atoms in total. The van der Waals surface area contributed by atoms with Crippen molar-refractivity contribution in [1.82, 2.24) is 0 Å². The summed E-state index contributed by atoms with van der Waals surface area (Å²) in [6.45, 7) is 8.90. The van der Waals surface area contributed by atoms with Crippen molar-refractivity contribution in [3.8, 4) is 0 Å². The second kappa shape index (κ2) is 3.98. The summed E-state index contributed by atoms with van der Waals surface area (Å²) in [6.07, 6.45) is 1.07. The van der Waals surface area contributed by atoms with Gasteiger partial charge in [0.15, 0.2) is 0 Å². The number of thiol groups is 1. The Bertz CT molecular complexity index is 280. The van der Waals surface area contributed by atoms with Crippen LogP contribution in [0, 0.1) is 5.41 Å². The van der Waals surface area contributed by atoms with Gasteiger partial charge in [0, 0.05) is 4.75 Å². The first kappa shape index (κ1) is 11.6. The standard InChI is InChI=1S/C13H20S/c1-12(2,13(3,4)14)10-11-8-6-5-7-9-11/h5-9,14H,10H2,1-4H3. The molecule has 0 heterocycles. The summed E-state index contributed by atoms with van der Waals surface area (Å²) in [5.74, 6) is 0. The van der Waals surface area contributed by atoms with Crippen LogP contribution in [-0.4, -0.2) is 4.75 Å². The smallest absolute Gasteiger partial charge is 0.0127 e. The average molecular weight is 208 g/mol. The van der Waals surface area contributed by atoms with Gasteiger partial charge in [-0.2, -0.15) is 12.6 Å². The monoisotopic (exact) mass is 208 g/mol. The van der Waals surface area contributed by atoms with Crippen LogP contribution in [0.2, 0.25) is 0 Å². The van der Waals surface area contributed by atoms with Crippen molar-refractivity contribution in [2.45, 2.75) is 38.9 Å². The molecule has 14 heavy (non-hydrogen) atoms. The van der Waals surface area contributed by atoms with Gasteiger partial charge < -0.3 is 0 Å². The molecule has 0 fully saturated rings. The minimum atomic E-state index is 0.0445. The first-order valence-corrected chi connectivity index (χ1v) is 5.54. The van der Waals surface area contributed by atoms with Crippen LogP contribution in [0.3, 0.4) is 0 Å². The normalized spacial score (nSPS) is 12.9. The van der Waals surface area contributed by atoms with Crippen LogP contribution in [0.25, 0.3) is 0 Å². The van der Waals surface area contributed by atoms with Crippen LogP contribution in [-0.2, 0) is 6.42 Å². The largest absolute Gasteiger partial charge is 0.173 e. The van der Waals surface area contributed by atoms with Gasteiger partial charge in [0.1, 0.15) is 0 Å². The van der Waals surface area contributed by atoms with Gasteiger partial charge in [-0.05, 0) is 17.4 Å². The Morgan fingerprint density at radius 3 is 1.93 bits per heavy atom. The molecule has 1 aromatic carbocycles. The van der Waals surface area contributed by atoms with E-state index in [-0.39, 0.29) is 10.2 Å². The van der Waals surface area contributed by atoms with Gasteiger partial charge in [-0.3, -0.25) is 0 Å². The zero-order chi connectivity index (χ0) is 10.8. The molecule has 78 valence electrons. The van der Waals surface area contributed by atoms with E-state index in [2.05, 4.69) is 70.7 Å². The van der Waals surface area contributed by atoms with Crippen molar-refractivity contribution in [3.05, 3.63) is 35.9 Å². The lowest BCUT2D eigenvalue weighted by Gasteiger charge is -2.38. The van der Waals surface area contributed by atoms with Crippen LogP contribution in [0.15, 0.2) is 30.3 Å². The number of rotatable bonds is 3. The highest BCUT2D eigenvalue weighted by molar-refractivity contribution is 7.81. The zero-order valence-corrected chi connectivity index (χ0v) is 10.4. The second-order valence-electron chi connectivity index (χ2n) is 5.11. The molecule has 0 spiro atoms. The zero-order valence-electron chi connectivity index (χ0n) is 9.54. The molecule has 1 aromatic rings. The maximum absolute atomic E-state index is 4.67. The van der Waals surface area contributed by atoms with Crippen LogP contribution in [0.1, 0.15) is 33.3 Å². The van der Waals surface area contributed by atoms with Crippen molar-refractivity contribution in [3.63, 3.8) is 0 Å². The van der Waals surface area contributed by atoms with Crippen molar-refractivity contribution < 1.29 is 0 Å². The highest BCUT2D eigenvalue weighted by Gasteiger charge is 2.33. The van der Waals surface area contributed by atoms with E-state index in [1.165, 1.54) is 5.56 Å². The summed E-state index contributed by atoms with van der Waals surface area (Å²) in [7, 11) is 0. The Hall–Kier alpha value is -0.430. The molecule has 0 saturated carbocycles. The molecule has 0 saturated heterocycles. The maximum atomic E-state index is 4.67. The first-order valence-electron chi connectivity index (χ1n) is 5.09. The Morgan fingerprint density at radius 2 is 1.50 bits per heavy atom. The molecular weight excluding hydrogens is 188 g/mol. The second-order valence-corrected chi connectivity index (χ2v) is 6.22. The van der Waals surface area contributed by atoms with Crippen LogP contribution < -0.4 is 0 Å². The Kier molecular flexibility index (Phi) is 3.31. The molecule has 0 aromatic heterocycles. The molecule has 0 unspecified atom stereocenters. The van der Waals surface area contributed by atoms with E-state index < -0.39 is 0 Å². The van der Waals surface area contributed by atoms with Gasteiger partial charge in [-0.1, -0.05) is 58.0 Å². The fourth-order valence-corrected chi connectivity index (χ4v) is 1.40. The highest BCUT2D eigenvalue weighted by atomic mass is 32.1. The minimum absolute atomic E-state index is 0.0445. The van der Waals surface area contributed by atoms with Crippen molar-refractivity contribution in [2.24, 2.45) is 5.41 Å². The van der Waals surface area contributed by atoms with Crippen LogP contribution in [0.4, 0.5) is 0 Å². The van der Waals surface area contributed by atoms with Gasteiger partial charge in [0.05, 0.1) is 0 Å². The Labute approximate surface area is 93.1 Å². The van der Waals surface area contributed by atoms with Crippen LogP contribution in [0.5, 0.6) is 0 Å². The molecular formula is C13H20S. The topological polar surface area (TPSA) is 0 Å². The predicted octanol–water partition coefficient (Wildman–Crippen LogP) is 3.96. The molecule has 0 bridgehead atoms. The molecule has 0 amide bonds. The lowest BCUT2D eigenvalue weighted by molar-refractivity contribution is 0.283. The number of benzene rings is 1. The third-order valence-electron chi connectivity index (χ3n) is 3.15. The summed E-state index contributed by atoms with van der Waals surface area (Å²) in [5, 5.41) is 0. The van der Waals surface area contributed by atoms with Gasteiger partial charge >= 0.3 is 0 Å². The van der Waals surface area contributed by atoms with Gasteiger partial charge in [-0.15, -0.1) is 0 Å². The first-order chi connectivity index (χ1) is 6.33. The summed E-state index contributed by atoms with van der Waals surface area (Å²) >= 11 is 4.67. The molecule has 1 rings (SSSR count). The van der Waals surface area contributed by atoms with E-state index in [1.54, 1.807) is 0 Å². The minimum Gasteiger partial charge on any atom is -0.173 e. The Balaban J connectivity index is 2.79. The third kappa shape index (κ3) is 2.78. The van der Waals surface area contributed by atoms with Gasteiger partial charge in [0.2, 0.25) is 0 Å². The molecule has 0 N–H and O–H groups in total.